The van der Waals surface area contributed by atoms with Crippen LogP contribution in [0.2, 0.25) is 0 Å². The molecule has 2 atom stereocenters. The van der Waals surface area contributed by atoms with E-state index in [-0.39, 0.29) is 24.1 Å². The van der Waals surface area contributed by atoms with Crippen molar-refractivity contribution in [1.82, 2.24) is 10.2 Å². The predicted molar refractivity (Wildman–Crippen MR) is 136 cm³/mol. The minimum atomic E-state index is -0.409. The maximum Gasteiger partial charge on any atom is 0.411 e. The highest BCUT2D eigenvalue weighted by Gasteiger charge is 2.44. The Balaban J connectivity index is 1.76. The third-order valence-electron chi connectivity index (χ3n) is 6.04. The maximum atomic E-state index is 12.7. The number of carbonyl (C=O) groups excluding carboxylic acids is 1. The molecule has 1 saturated heterocycles. The van der Waals surface area contributed by atoms with E-state index in [1.54, 1.807) is 11.0 Å². The summed E-state index contributed by atoms with van der Waals surface area (Å²) in [5.74, 6) is 0. The molecule has 0 bridgehead atoms. The molecule has 4 rings (SSSR count). The average molecular weight is 459 g/mol. The summed E-state index contributed by atoms with van der Waals surface area (Å²) >= 11 is 1.91. The molecule has 1 aliphatic rings. The lowest BCUT2D eigenvalue weighted by atomic mass is 9.84. The lowest BCUT2D eigenvalue weighted by Gasteiger charge is -2.37. The number of amides is 1. The molecule has 2 unspecified atom stereocenters. The lowest BCUT2D eigenvalue weighted by Crippen LogP contribution is -2.43. The van der Waals surface area contributed by atoms with Gasteiger partial charge in [-0.05, 0) is 30.2 Å². The van der Waals surface area contributed by atoms with E-state index in [2.05, 4.69) is 103 Å². The van der Waals surface area contributed by atoms with Crippen molar-refractivity contribution in [3.63, 3.8) is 0 Å². The second kappa shape index (κ2) is 10.7. The fourth-order valence-corrected chi connectivity index (χ4v) is 6.37. The Kier molecular flexibility index (Phi) is 7.53. The van der Waals surface area contributed by atoms with Crippen LogP contribution < -0.4 is 5.32 Å². The summed E-state index contributed by atoms with van der Waals surface area (Å²) < 4.78 is 4.95. The maximum absolute atomic E-state index is 12.7. The second-order valence-corrected chi connectivity index (χ2v) is 9.59. The van der Waals surface area contributed by atoms with E-state index in [1.165, 1.54) is 16.7 Å². The second-order valence-electron chi connectivity index (χ2n) is 8.08. The number of nitrogens with zero attached hydrogens (tertiary/aromatic N) is 1. The van der Waals surface area contributed by atoms with E-state index in [0.29, 0.717) is 6.54 Å². The highest BCUT2D eigenvalue weighted by atomic mass is 32.2. The molecule has 33 heavy (non-hydrogen) atoms. The Morgan fingerprint density at radius 2 is 1.48 bits per heavy atom. The number of hydrogen-bond donors (Lipinski definition) is 1. The van der Waals surface area contributed by atoms with Crippen LogP contribution in [-0.2, 0) is 9.48 Å². The number of nitrogens with one attached hydrogen (secondary N) is 1. The normalized spacial score (nSPS) is 18.2. The summed E-state index contributed by atoms with van der Waals surface area (Å²) in [6.07, 6.45) is 2.06. The van der Waals surface area contributed by atoms with Gasteiger partial charge < -0.3 is 10.1 Å². The third-order valence-corrected chi connectivity index (χ3v) is 7.78. The molecule has 1 fully saturated rings. The van der Waals surface area contributed by atoms with Crippen LogP contribution >= 0.6 is 11.8 Å². The minimum Gasteiger partial charge on any atom is -0.445 e. The zero-order valence-electron chi connectivity index (χ0n) is 18.9. The smallest absolute Gasteiger partial charge is 0.411 e. The van der Waals surface area contributed by atoms with E-state index in [1.807, 2.05) is 18.8 Å². The van der Waals surface area contributed by atoms with Gasteiger partial charge in [-0.2, -0.15) is 0 Å². The zero-order chi connectivity index (χ0) is 23.1. The van der Waals surface area contributed by atoms with Crippen molar-refractivity contribution < 1.29 is 9.53 Å². The van der Waals surface area contributed by atoms with Crippen molar-refractivity contribution in [3.8, 4) is 0 Å². The quantitative estimate of drug-likeness (QED) is 0.350. The van der Waals surface area contributed by atoms with Crippen molar-refractivity contribution in [2.45, 2.75) is 22.6 Å². The van der Waals surface area contributed by atoms with E-state index >= 15 is 0 Å². The Hall–Kier alpha value is -3.02. The van der Waals surface area contributed by atoms with Gasteiger partial charge in [0.15, 0.2) is 0 Å². The Bertz CT molecular complexity index is 947. The first kappa shape index (κ1) is 23.1. The molecule has 0 aliphatic carbocycles. The number of ether oxygens (including phenoxy) is 1. The number of likely N-dealkylation sites (tertiary alicyclic amines) is 1. The first-order chi connectivity index (χ1) is 16.2. The van der Waals surface area contributed by atoms with Gasteiger partial charge in [-0.3, -0.25) is 4.90 Å². The Labute approximate surface area is 200 Å². The molecule has 5 heteroatoms. The van der Waals surface area contributed by atoms with Gasteiger partial charge in [0, 0.05) is 11.8 Å². The molecule has 170 valence electrons. The molecular formula is C28H30N2O2S. The first-order valence-corrected chi connectivity index (χ1v) is 12.1. The molecule has 0 aromatic heterocycles. The fourth-order valence-electron chi connectivity index (χ4n) is 4.54. The van der Waals surface area contributed by atoms with Crippen LogP contribution in [0.15, 0.2) is 104 Å². The van der Waals surface area contributed by atoms with E-state index in [9.17, 15) is 4.79 Å². The molecule has 1 heterocycles. The average Bonchev–Trinajstić information content (AvgIpc) is 3.30. The van der Waals surface area contributed by atoms with E-state index in [0.717, 1.165) is 6.42 Å². The van der Waals surface area contributed by atoms with Crippen LogP contribution in [0.4, 0.5) is 4.79 Å². The number of rotatable bonds is 8. The standard InChI is InChI=1S/C28H30N2O2S/c1-3-19-32-27(31)30-21-25(20-26(30)29-2)33-28(22-13-7-4-8-14-22,23-15-9-5-10-16-23)24-17-11-6-12-18-24/h3-18,25-26,29H,1,19-21H2,2H3. The summed E-state index contributed by atoms with van der Waals surface area (Å²) in [5.41, 5.74) is 3.67. The molecule has 0 spiro atoms. The van der Waals surface area contributed by atoms with Gasteiger partial charge in [0.1, 0.15) is 6.61 Å². The molecular weight excluding hydrogens is 428 g/mol. The van der Waals surface area contributed by atoms with Gasteiger partial charge in [0.25, 0.3) is 0 Å². The zero-order valence-corrected chi connectivity index (χ0v) is 19.7. The highest BCUT2D eigenvalue weighted by Crippen LogP contribution is 2.51. The molecule has 1 amide bonds. The third kappa shape index (κ3) is 4.85. The Morgan fingerprint density at radius 3 is 1.91 bits per heavy atom. The van der Waals surface area contributed by atoms with Crippen LogP contribution in [0, 0.1) is 0 Å². The number of carbonyl (C=O) groups is 1. The van der Waals surface area contributed by atoms with E-state index in [4.69, 9.17) is 4.74 Å². The summed E-state index contributed by atoms with van der Waals surface area (Å²) in [6, 6.07) is 32.0. The van der Waals surface area contributed by atoms with E-state index < -0.39 is 4.75 Å². The monoisotopic (exact) mass is 458 g/mol. The van der Waals surface area contributed by atoms with Gasteiger partial charge in [-0.1, -0.05) is 104 Å². The largest absolute Gasteiger partial charge is 0.445 e. The van der Waals surface area contributed by atoms with Crippen LogP contribution in [0.1, 0.15) is 23.1 Å². The van der Waals surface area contributed by atoms with Gasteiger partial charge in [0.05, 0.1) is 10.9 Å². The molecule has 1 aliphatic heterocycles. The van der Waals surface area contributed by atoms with Crippen molar-refractivity contribution in [2.24, 2.45) is 0 Å². The topological polar surface area (TPSA) is 41.6 Å². The minimum absolute atomic E-state index is 0.0696. The lowest BCUT2D eigenvalue weighted by molar-refractivity contribution is 0.103. The number of benzene rings is 3. The SMILES string of the molecule is C=CCOC(=O)N1CC(SC(c2ccccc2)(c2ccccc2)c2ccccc2)CC1NC. The molecule has 0 radical (unpaired) electrons. The van der Waals surface area contributed by atoms with Crippen molar-refractivity contribution in [3.05, 3.63) is 120 Å². The fraction of sp³-hybridized carbons (Fsp3) is 0.250. The van der Waals surface area contributed by atoms with Crippen LogP contribution in [0.25, 0.3) is 0 Å². The number of hydrogen-bond acceptors (Lipinski definition) is 4. The van der Waals surface area contributed by atoms with Crippen molar-refractivity contribution in [1.29, 1.82) is 0 Å². The van der Waals surface area contributed by atoms with Crippen LogP contribution in [0.5, 0.6) is 0 Å². The van der Waals surface area contributed by atoms with Gasteiger partial charge >= 0.3 is 6.09 Å². The summed E-state index contributed by atoms with van der Waals surface area (Å²) in [7, 11) is 1.89. The summed E-state index contributed by atoms with van der Waals surface area (Å²) in [4.78, 5) is 14.5. The molecule has 3 aromatic rings. The van der Waals surface area contributed by atoms with Gasteiger partial charge in [-0.15, -0.1) is 11.8 Å². The number of thioether (sulfide) groups is 1. The first-order valence-electron chi connectivity index (χ1n) is 11.2. The van der Waals surface area contributed by atoms with Crippen molar-refractivity contribution in [2.75, 3.05) is 20.2 Å². The summed E-state index contributed by atoms with van der Waals surface area (Å²) in [5, 5.41) is 3.50. The molecule has 0 saturated carbocycles. The Morgan fingerprint density at radius 1 is 1.00 bits per heavy atom. The van der Waals surface area contributed by atoms with Crippen LogP contribution in [0.3, 0.4) is 0 Å². The predicted octanol–water partition coefficient (Wildman–Crippen LogP) is 5.65. The molecule has 1 N–H and O–H groups in total. The van der Waals surface area contributed by atoms with Crippen LogP contribution in [-0.4, -0.2) is 42.6 Å². The molecule has 4 nitrogen and oxygen atoms in total. The summed E-state index contributed by atoms with van der Waals surface area (Å²) in [6.45, 7) is 4.47. The highest BCUT2D eigenvalue weighted by molar-refractivity contribution is 8.01. The van der Waals surface area contributed by atoms with Gasteiger partial charge in [-0.25, -0.2) is 4.79 Å². The molecule has 3 aromatic carbocycles. The van der Waals surface area contributed by atoms with Gasteiger partial charge in [0.2, 0.25) is 0 Å². The van der Waals surface area contributed by atoms with Crippen molar-refractivity contribution >= 4 is 17.9 Å².